The number of hydrogen-bond donors (Lipinski definition) is 3. The standard InChI is InChI=1S/C23H27N7O2.C6H8N2.2ClH/c1-17-20(27-26-19-11-9-18(10-12-19)25-24-2)22(31)30(16-8-13-28(3)4)23(32)21(17)29-14-6-5-7-15-29;7-5-2-1-3-6(8)4-5;;/h5-7,9-12,14-15H,8,13,16H2,1-4H3;1-4H,7-8H2;2*1H. The van der Waals surface area contributed by atoms with Gasteiger partial charge in [0, 0.05) is 37.1 Å². The summed E-state index contributed by atoms with van der Waals surface area (Å²) < 4.78 is 3.11. The van der Waals surface area contributed by atoms with Crippen molar-refractivity contribution in [1.82, 2.24) is 9.47 Å². The number of hydrogen-bond acceptors (Lipinski definition) is 9. The molecule has 0 aliphatic carbocycles. The van der Waals surface area contributed by atoms with Crippen LogP contribution in [-0.4, -0.2) is 42.3 Å². The smallest absolute Gasteiger partial charge is 0.326 e. The van der Waals surface area contributed by atoms with E-state index in [1.165, 1.54) is 4.57 Å². The average molecular weight is 615 g/mol. The van der Waals surface area contributed by atoms with Crippen molar-refractivity contribution in [2.75, 3.05) is 39.2 Å². The summed E-state index contributed by atoms with van der Waals surface area (Å²) in [4.78, 5) is 15.3. The third-order valence-electron chi connectivity index (χ3n) is 5.83. The number of azo groups is 2. The lowest BCUT2D eigenvalue weighted by molar-refractivity contribution is -0.597. The van der Waals surface area contributed by atoms with Gasteiger partial charge in [0.15, 0.2) is 18.1 Å². The zero-order valence-corrected chi connectivity index (χ0v) is 25.6. The van der Waals surface area contributed by atoms with Crippen molar-refractivity contribution in [2.24, 2.45) is 20.5 Å². The summed E-state index contributed by atoms with van der Waals surface area (Å²) in [5.74, 6) is -0.188. The first-order valence-corrected chi connectivity index (χ1v) is 12.7. The first-order valence-electron chi connectivity index (χ1n) is 12.7. The van der Waals surface area contributed by atoms with Crippen LogP contribution in [0.15, 0.2) is 104 Å². The quantitative estimate of drug-likeness (QED) is 0.158. The Labute approximate surface area is 258 Å². The van der Waals surface area contributed by atoms with Gasteiger partial charge in [0.25, 0.3) is 5.69 Å². The van der Waals surface area contributed by atoms with E-state index >= 15 is 0 Å². The maximum Gasteiger partial charge on any atom is 0.326 e. The predicted molar refractivity (Wildman–Crippen MR) is 165 cm³/mol. The summed E-state index contributed by atoms with van der Waals surface area (Å²) in [6.07, 6.45) is 4.30. The summed E-state index contributed by atoms with van der Waals surface area (Å²) in [7, 11) is 5.54. The first-order chi connectivity index (χ1) is 19.2. The Morgan fingerprint density at radius 3 is 1.98 bits per heavy atom. The van der Waals surface area contributed by atoms with Gasteiger partial charge >= 0.3 is 5.56 Å². The molecule has 0 amide bonds. The Kier molecular flexibility index (Phi) is 14.9. The molecule has 0 aliphatic heterocycles. The van der Waals surface area contributed by atoms with Gasteiger partial charge in [-0.25, -0.2) is 0 Å². The monoisotopic (exact) mass is 613 g/mol. The summed E-state index contributed by atoms with van der Waals surface area (Å²) in [5.41, 5.74) is 14.5. The molecule has 2 aromatic heterocycles. The SMILES string of the molecule is CN=Nc1ccc(N=Nc2c(C)c(-[n+]3ccccc3)c(=O)n(CCCN(C)C)c2O)cc1.Cl.Nc1cccc(N)c1.[Cl-]. The fourth-order valence-corrected chi connectivity index (χ4v) is 3.88. The van der Waals surface area contributed by atoms with Gasteiger partial charge in [-0.1, -0.05) is 12.1 Å². The molecule has 0 fully saturated rings. The van der Waals surface area contributed by atoms with E-state index in [9.17, 15) is 9.90 Å². The van der Waals surface area contributed by atoms with Crippen LogP contribution in [0.1, 0.15) is 12.0 Å². The highest BCUT2D eigenvalue weighted by molar-refractivity contribution is 5.85. The molecule has 0 unspecified atom stereocenters. The average Bonchev–Trinajstić information content (AvgIpc) is 2.92. The molecule has 0 atom stereocenters. The van der Waals surface area contributed by atoms with Crippen molar-refractivity contribution < 1.29 is 22.1 Å². The normalized spacial score (nSPS) is 10.7. The highest BCUT2D eigenvalue weighted by Crippen LogP contribution is 2.33. The van der Waals surface area contributed by atoms with E-state index in [0.29, 0.717) is 47.0 Å². The highest BCUT2D eigenvalue weighted by atomic mass is 35.5. The molecule has 4 aromatic rings. The number of aromatic nitrogens is 2. The minimum atomic E-state index is -0.275. The molecule has 2 aromatic carbocycles. The summed E-state index contributed by atoms with van der Waals surface area (Å²) in [6, 6.07) is 19.8. The highest BCUT2D eigenvalue weighted by Gasteiger charge is 2.25. The molecule has 0 radical (unpaired) electrons. The maximum absolute atomic E-state index is 13.3. The molecular weight excluding hydrogens is 577 g/mol. The van der Waals surface area contributed by atoms with E-state index in [-0.39, 0.29) is 41.9 Å². The summed E-state index contributed by atoms with van der Waals surface area (Å²) in [6.45, 7) is 2.91. The van der Waals surface area contributed by atoms with Crippen LogP contribution < -0.4 is 34.0 Å². The molecule has 4 rings (SSSR count). The summed E-state index contributed by atoms with van der Waals surface area (Å²) >= 11 is 0. The van der Waals surface area contributed by atoms with Gasteiger partial charge in [0.05, 0.1) is 16.9 Å². The second kappa shape index (κ2) is 17.5. The number of pyridine rings is 2. The van der Waals surface area contributed by atoms with Gasteiger partial charge in [-0.05, 0) is 76.4 Å². The lowest BCUT2D eigenvalue weighted by Crippen LogP contribution is -3.00. The van der Waals surface area contributed by atoms with Crippen molar-refractivity contribution >= 4 is 40.8 Å². The van der Waals surface area contributed by atoms with Crippen molar-refractivity contribution in [3.63, 3.8) is 0 Å². The lowest BCUT2D eigenvalue weighted by atomic mass is 10.2. The molecule has 0 saturated heterocycles. The number of halogens is 2. The predicted octanol–water partition coefficient (Wildman–Crippen LogP) is 2.50. The molecule has 11 nitrogen and oxygen atoms in total. The fourth-order valence-electron chi connectivity index (χ4n) is 3.88. The first kappa shape index (κ1) is 35.7. The maximum atomic E-state index is 13.3. The van der Waals surface area contributed by atoms with Crippen LogP contribution in [-0.2, 0) is 6.54 Å². The van der Waals surface area contributed by atoms with E-state index in [4.69, 9.17) is 11.5 Å². The molecule has 13 heteroatoms. The van der Waals surface area contributed by atoms with Crippen LogP contribution in [0.2, 0.25) is 0 Å². The lowest BCUT2D eigenvalue weighted by Gasteiger charge is -2.14. The Bertz CT molecular complexity index is 1510. The van der Waals surface area contributed by atoms with E-state index < -0.39 is 0 Å². The Balaban J connectivity index is 0.000000763. The number of nitrogens with zero attached hydrogens (tertiary/aromatic N) is 7. The second-order valence-electron chi connectivity index (χ2n) is 9.23. The Morgan fingerprint density at radius 1 is 0.905 bits per heavy atom. The molecule has 5 N–H and O–H groups in total. The van der Waals surface area contributed by atoms with Gasteiger partial charge < -0.3 is 33.9 Å². The van der Waals surface area contributed by atoms with Crippen molar-refractivity contribution in [3.8, 4) is 11.6 Å². The summed E-state index contributed by atoms with van der Waals surface area (Å²) in [5, 5.41) is 27.2. The van der Waals surface area contributed by atoms with Gasteiger partial charge in [-0.15, -0.1) is 17.5 Å². The Morgan fingerprint density at radius 2 is 1.48 bits per heavy atom. The van der Waals surface area contributed by atoms with Crippen LogP contribution in [0.5, 0.6) is 5.88 Å². The minimum absolute atomic E-state index is 0. The van der Waals surface area contributed by atoms with Crippen molar-refractivity contribution in [1.29, 1.82) is 0 Å². The van der Waals surface area contributed by atoms with E-state index in [1.54, 1.807) is 73.4 Å². The minimum Gasteiger partial charge on any atom is -1.00 e. The molecule has 0 spiro atoms. The molecular formula is C29H37Cl2N9O2. The Hall–Kier alpha value is -4.32. The second-order valence-corrected chi connectivity index (χ2v) is 9.23. The number of anilines is 2. The number of nitrogens with two attached hydrogens (primary N) is 2. The third kappa shape index (κ3) is 9.95. The van der Waals surface area contributed by atoms with Crippen molar-refractivity contribution in [3.05, 3.63) is 95.0 Å². The largest absolute Gasteiger partial charge is 1.00 e. The number of nitrogen functional groups attached to an aromatic ring is 2. The van der Waals surface area contributed by atoms with Crippen molar-refractivity contribution in [2.45, 2.75) is 19.9 Å². The number of benzene rings is 2. The zero-order valence-electron chi connectivity index (χ0n) is 24.1. The van der Waals surface area contributed by atoms with E-state index in [1.807, 2.05) is 43.3 Å². The molecule has 42 heavy (non-hydrogen) atoms. The van der Waals surface area contributed by atoms with Gasteiger partial charge in [0.2, 0.25) is 5.88 Å². The van der Waals surface area contributed by atoms with Gasteiger partial charge in [-0.3, -0.25) is 9.36 Å². The molecule has 2 heterocycles. The molecule has 224 valence electrons. The number of rotatable bonds is 8. The van der Waals surface area contributed by atoms with Crippen LogP contribution in [0.4, 0.5) is 28.4 Å². The van der Waals surface area contributed by atoms with Gasteiger partial charge in [-0.2, -0.15) is 19.9 Å². The molecule has 0 saturated carbocycles. The van der Waals surface area contributed by atoms with Crippen LogP contribution in [0, 0.1) is 6.92 Å². The fraction of sp³-hybridized carbons (Fsp3) is 0.241. The zero-order chi connectivity index (χ0) is 29.1. The number of aromatic hydroxyl groups is 1. The van der Waals surface area contributed by atoms with Crippen LogP contribution in [0.25, 0.3) is 5.69 Å². The third-order valence-corrected chi connectivity index (χ3v) is 5.83. The van der Waals surface area contributed by atoms with E-state index in [0.717, 1.165) is 6.54 Å². The van der Waals surface area contributed by atoms with Gasteiger partial charge in [0.1, 0.15) is 0 Å². The van der Waals surface area contributed by atoms with E-state index in [2.05, 4.69) is 20.5 Å². The topological polar surface area (TPSA) is 151 Å². The van der Waals surface area contributed by atoms with Crippen LogP contribution >= 0.6 is 12.4 Å². The molecule has 0 aliphatic rings. The van der Waals surface area contributed by atoms with Crippen LogP contribution in [0.3, 0.4) is 0 Å². The molecule has 0 bridgehead atoms.